The number of hydrogen-bond donors (Lipinski definition) is 1. The second-order valence-corrected chi connectivity index (χ2v) is 3.44. The number of nitro groups is 1. The van der Waals surface area contributed by atoms with Crippen molar-refractivity contribution in [3.63, 3.8) is 0 Å². The molecule has 0 fully saturated rings. The fourth-order valence-electron chi connectivity index (χ4n) is 0.963. The van der Waals surface area contributed by atoms with E-state index in [0.29, 0.717) is 0 Å². The highest BCUT2D eigenvalue weighted by Gasteiger charge is 2.28. The lowest BCUT2D eigenvalue weighted by Gasteiger charge is -1.94. The maximum absolute atomic E-state index is 10.6. The molecule has 0 aliphatic heterocycles. The molecule has 0 saturated carbocycles. The molecule has 0 aliphatic rings. The largest absolute Gasteiger partial charge is 0.476 e. The lowest BCUT2D eigenvalue weighted by atomic mass is 10.4. The molecular weight excluding hydrogens is 305 g/mol. The first-order valence-corrected chi connectivity index (χ1v) is 4.70. The molecule has 8 heteroatoms. The lowest BCUT2D eigenvalue weighted by molar-refractivity contribution is -0.393. The van der Waals surface area contributed by atoms with Crippen molar-refractivity contribution in [3.8, 4) is 0 Å². The summed E-state index contributed by atoms with van der Waals surface area (Å²) < 4.78 is 1.12. The van der Waals surface area contributed by atoms with Crippen molar-refractivity contribution in [1.29, 1.82) is 0 Å². The maximum Gasteiger partial charge on any atom is 0.359 e. The first-order chi connectivity index (χ1) is 6.49. The Morgan fingerprint density at radius 3 is 2.64 bits per heavy atom. The lowest BCUT2D eigenvalue weighted by Crippen LogP contribution is -2.03. The zero-order chi connectivity index (χ0) is 10.9. The monoisotopic (exact) mass is 311 g/mol. The van der Waals surface area contributed by atoms with Crippen LogP contribution in [0.2, 0.25) is 0 Å². The van der Waals surface area contributed by atoms with E-state index in [9.17, 15) is 14.9 Å². The minimum Gasteiger partial charge on any atom is -0.476 e. The zero-order valence-electron chi connectivity index (χ0n) is 7.10. The van der Waals surface area contributed by atoms with E-state index in [1.54, 1.807) is 29.5 Å². The fourth-order valence-corrected chi connectivity index (χ4v) is 1.78. The van der Waals surface area contributed by atoms with Gasteiger partial charge in [-0.1, -0.05) is 5.10 Å². The van der Waals surface area contributed by atoms with Crippen LogP contribution >= 0.6 is 22.6 Å². The predicted molar refractivity (Wildman–Crippen MR) is 54.2 cm³/mol. The minimum atomic E-state index is -1.26. The smallest absolute Gasteiger partial charge is 0.359 e. The maximum atomic E-state index is 10.6. The van der Waals surface area contributed by atoms with Gasteiger partial charge < -0.3 is 15.2 Å². The second kappa shape index (κ2) is 3.90. The second-order valence-electron chi connectivity index (χ2n) is 2.36. The van der Waals surface area contributed by atoms with Crippen LogP contribution in [0.25, 0.3) is 0 Å². The molecule has 0 bridgehead atoms. The Hall–Kier alpha value is -1.19. The van der Waals surface area contributed by atoms with Crippen molar-refractivity contribution in [1.82, 2.24) is 9.78 Å². The summed E-state index contributed by atoms with van der Waals surface area (Å²) in [6, 6.07) is 0. The average Bonchev–Trinajstić information content (AvgIpc) is 2.42. The van der Waals surface area contributed by atoms with Gasteiger partial charge in [-0.25, -0.2) is 4.79 Å². The van der Waals surface area contributed by atoms with E-state index in [-0.39, 0.29) is 21.6 Å². The summed E-state index contributed by atoms with van der Waals surface area (Å²) in [4.78, 5) is 20.6. The Bertz CT molecular complexity index is 400. The van der Waals surface area contributed by atoms with Gasteiger partial charge in [0.25, 0.3) is 0 Å². The van der Waals surface area contributed by atoms with Crippen molar-refractivity contribution in [2.75, 3.05) is 0 Å². The molecule has 0 radical (unpaired) electrons. The number of carboxylic acid groups (broad SMARTS) is 1. The number of aromatic carboxylic acids is 1. The van der Waals surface area contributed by atoms with Gasteiger partial charge in [-0.2, -0.15) is 0 Å². The van der Waals surface area contributed by atoms with Crippen molar-refractivity contribution >= 4 is 34.4 Å². The summed E-state index contributed by atoms with van der Waals surface area (Å²) in [6.07, 6.45) is 0. The summed E-state index contributed by atoms with van der Waals surface area (Å²) in [7, 11) is 0. The highest BCUT2D eigenvalue weighted by molar-refractivity contribution is 14.1. The molecule has 0 aromatic carbocycles. The molecule has 1 aromatic heterocycles. The number of nitrogens with zero attached hydrogens (tertiary/aromatic N) is 3. The average molecular weight is 311 g/mol. The third kappa shape index (κ3) is 1.69. The Balaban J connectivity index is 3.40. The normalized spacial score (nSPS) is 10.1. The van der Waals surface area contributed by atoms with Crippen molar-refractivity contribution in [3.05, 3.63) is 19.4 Å². The van der Waals surface area contributed by atoms with Gasteiger partial charge in [0.2, 0.25) is 5.69 Å². The summed E-state index contributed by atoms with van der Waals surface area (Å²) in [5, 5.41) is 22.9. The molecule has 0 saturated heterocycles. The number of carboxylic acids is 1. The summed E-state index contributed by atoms with van der Waals surface area (Å²) in [5.41, 5.74) is -0.279. The Morgan fingerprint density at radius 2 is 2.36 bits per heavy atom. The molecule has 0 unspecified atom stereocenters. The summed E-state index contributed by atoms with van der Waals surface area (Å²) in [6.45, 7) is 1.92. The van der Waals surface area contributed by atoms with Crippen LogP contribution < -0.4 is 0 Å². The van der Waals surface area contributed by atoms with Crippen molar-refractivity contribution < 1.29 is 14.8 Å². The molecule has 1 rings (SSSR count). The predicted octanol–water partition coefficient (Wildman–Crippen LogP) is 1.11. The van der Waals surface area contributed by atoms with Crippen LogP contribution in [-0.4, -0.2) is 25.8 Å². The van der Waals surface area contributed by atoms with Crippen LogP contribution in [0.3, 0.4) is 0 Å². The minimum absolute atomic E-state index is 0.0574. The molecule has 1 N–H and O–H groups in total. The van der Waals surface area contributed by atoms with Crippen LogP contribution in [0.1, 0.15) is 17.4 Å². The van der Waals surface area contributed by atoms with Gasteiger partial charge in [0.05, 0.1) is 0 Å². The molecule has 0 amide bonds. The van der Waals surface area contributed by atoms with Crippen molar-refractivity contribution in [2.24, 2.45) is 0 Å². The van der Waals surface area contributed by atoms with Crippen LogP contribution in [0.15, 0.2) is 0 Å². The van der Waals surface area contributed by atoms with Gasteiger partial charge in [0.1, 0.15) is 10.1 Å². The number of aromatic nitrogens is 2. The molecule has 76 valence electrons. The molecule has 0 spiro atoms. The molecule has 0 atom stereocenters. The molecule has 1 heterocycles. The number of carbonyl (C=O) groups is 1. The first-order valence-electron chi connectivity index (χ1n) is 3.63. The standard InChI is InChI=1S/C6H6IN3O4/c1-2-9-5(10(13)14)3(7)4(8-9)6(11)12/h2H2,1H3,(H,11,12). The third-order valence-corrected chi connectivity index (χ3v) is 2.54. The fraction of sp³-hybridized carbons (Fsp3) is 0.333. The van der Waals surface area contributed by atoms with Gasteiger partial charge in [-0.3, -0.25) is 0 Å². The van der Waals surface area contributed by atoms with E-state index < -0.39 is 10.9 Å². The van der Waals surface area contributed by atoms with E-state index in [2.05, 4.69) is 5.10 Å². The highest BCUT2D eigenvalue weighted by Crippen LogP contribution is 2.24. The Morgan fingerprint density at radius 1 is 1.79 bits per heavy atom. The molecule has 14 heavy (non-hydrogen) atoms. The summed E-state index contributed by atoms with van der Waals surface area (Å²) >= 11 is 1.61. The molecular formula is C6H6IN3O4. The van der Waals surface area contributed by atoms with Crippen LogP contribution in [0.5, 0.6) is 0 Å². The number of aryl methyl sites for hydroxylation is 1. The van der Waals surface area contributed by atoms with Gasteiger partial charge >= 0.3 is 11.8 Å². The zero-order valence-corrected chi connectivity index (χ0v) is 9.26. The molecule has 0 aliphatic carbocycles. The van der Waals surface area contributed by atoms with E-state index in [1.807, 2.05) is 0 Å². The number of hydrogen-bond acceptors (Lipinski definition) is 4. The topological polar surface area (TPSA) is 98.3 Å². The van der Waals surface area contributed by atoms with Crippen LogP contribution in [-0.2, 0) is 6.54 Å². The van der Waals surface area contributed by atoms with E-state index >= 15 is 0 Å². The Kier molecular flexibility index (Phi) is 3.03. The SMILES string of the molecule is CCn1nc(C(=O)O)c(I)c1[N+](=O)[O-]. The van der Waals surface area contributed by atoms with Gasteiger partial charge in [0.15, 0.2) is 0 Å². The quantitative estimate of drug-likeness (QED) is 0.512. The Labute approximate surface area is 92.0 Å². The summed E-state index contributed by atoms with van der Waals surface area (Å²) in [5.74, 6) is -1.53. The number of halogens is 1. The van der Waals surface area contributed by atoms with Crippen molar-refractivity contribution in [2.45, 2.75) is 13.5 Å². The van der Waals surface area contributed by atoms with Crippen LogP contribution in [0.4, 0.5) is 5.82 Å². The number of rotatable bonds is 3. The molecule has 7 nitrogen and oxygen atoms in total. The first kappa shape index (κ1) is 10.9. The van der Waals surface area contributed by atoms with Gasteiger partial charge in [0, 0.05) is 0 Å². The van der Waals surface area contributed by atoms with Gasteiger partial charge in [-0.15, -0.1) is 4.68 Å². The van der Waals surface area contributed by atoms with Crippen LogP contribution in [0, 0.1) is 13.7 Å². The molecule has 1 aromatic rings. The van der Waals surface area contributed by atoms with E-state index in [0.717, 1.165) is 4.68 Å². The van der Waals surface area contributed by atoms with E-state index in [4.69, 9.17) is 5.11 Å². The van der Waals surface area contributed by atoms with E-state index in [1.165, 1.54) is 0 Å². The third-order valence-electron chi connectivity index (χ3n) is 1.54. The highest BCUT2D eigenvalue weighted by atomic mass is 127. The van der Waals surface area contributed by atoms with Gasteiger partial charge in [-0.05, 0) is 34.4 Å².